The van der Waals surface area contributed by atoms with Crippen molar-refractivity contribution < 1.29 is 32.9 Å². The van der Waals surface area contributed by atoms with Crippen LogP contribution in [0.4, 0.5) is 10.3 Å². The molecule has 0 saturated carbocycles. The lowest BCUT2D eigenvalue weighted by Crippen LogP contribution is -2.32. The van der Waals surface area contributed by atoms with Gasteiger partial charge in [-0.05, 0) is 30.2 Å². The van der Waals surface area contributed by atoms with Crippen molar-refractivity contribution in [3.05, 3.63) is 54.0 Å². The third-order valence-electron chi connectivity index (χ3n) is 5.12. The number of anilines is 1. The summed E-state index contributed by atoms with van der Waals surface area (Å²) in [5.74, 6) is -4.08. The fourth-order valence-electron chi connectivity index (χ4n) is 3.30. The minimum absolute atomic E-state index is 0.0405. The number of hydrogen-bond donors (Lipinski definition) is 3. The van der Waals surface area contributed by atoms with Crippen molar-refractivity contribution in [1.29, 1.82) is 0 Å². The van der Waals surface area contributed by atoms with Crippen LogP contribution in [0.5, 0.6) is 0 Å². The van der Waals surface area contributed by atoms with Crippen molar-refractivity contribution in [1.82, 2.24) is 9.97 Å². The summed E-state index contributed by atoms with van der Waals surface area (Å²) < 4.78 is 38.7. The zero-order valence-corrected chi connectivity index (χ0v) is 19.6. The highest BCUT2D eigenvalue weighted by Crippen LogP contribution is 2.38. The summed E-state index contributed by atoms with van der Waals surface area (Å²) in [4.78, 5) is 21.0. The number of sulfonamides is 1. The maximum atomic E-state index is 13.6. The van der Waals surface area contributed by atoms with E-state index in [0.717, 1.165) is 22.7 Å². The molecule has 0 spiro atoms. The molecule has 2 aromatic rings. The second-order valence-corrected chi connectivity index (χ2v) is 10.00. The lowest BCUT2D eigenvalue weighted by atomic mass is 9.84. The maximum absolute atomic E-state index is 13.6. The van der Waals surface area contributed by atoms with Crippen LogP contribution in [0.2, 0.25) is 0 Å². The zero-order chi connectivity index (χ0) is 25.1. The van der Waals surface area contributed by atoms with Gasteiger partial charge in [0.15, 0.2) is 0 Å². The van der Waals surface area contributed by atoms with E-state index in [9.17, 15) is 32.9 Å². The molecule has 3 N–H and O–H groups in total. The summed E-state index contributed by atoms with van der Waals surface area (Å²) in [6.07, 6.45) is -0.875. The summed E-state index contributed by atoms with van der Waals surface area (Å²) in [6.45, 7) is 6.89. The standard InChI is InChI=1S/C22H28FN3O6S/c1-6-15(27)11-16(28)17(21(29)30)18-19(12(2)3)24-22(26(4)33(5,31)32)25-20(18)13-7-9-14(23)10-8-13/h6-10,12,15-17,27-28H,1,11H2,2-5H3,(H,29,30). The first-order valence-corrected chi connectivity index (χ1v) is 12.0. The molecule has 0 amide bonds. The number of carboxylic acid groups (broad SMARTS) is 1. The third-order valence-corrected chi connectivity index (χ3v) is 6.28. The summed E-state index contributed by atoms with van der Waals surface area (Å²) in [5.41, 5.74) is 0.605. The Morgan fingerprint density at radius 2 is 1.79 bits per heavy atom. The molecule has 1 aromatic heterocycles. The van der Waals surface area contributed by atoms with Crippen LogP contribution in [0.25, 0.3) is 11.3 Å². The smallest absolute Gasteiger partial charge is 0.313 e. The van der Waals surface area contributed by atoms with Crippen molar-refractivity contribution in [2.75, 3.05) is 17.6 Å². The molecule has 0 radical (unpaired) electrons. The molecular formula is C22H28FN3O6S. The van der Waals surface area contributed by atoms with Crippen molar-refractivity contribution in [2.45, 2.75) is 44.3 Å². The van der Waals surface area contributed by atoms with Crippen molar-refractivity contribution >= 4 is 21.9 Å². The van der Waals surface area contributed by atoms with Crippen LogP contribution >= 0.6 is 0 Å². The fourth-order valence-corrected chi connectivity index (χ4v) is 3.68. The molecule has 2 rings (SSSR count). The molecule has 0 saturated heterocycles. The van der Waals surface area contributed by atoms with Gasteiger partial charge < -0.3 is 15.3 Å². The van der Waals surface area contributed by atoms with Gasteiger partial charge in [0.05, 0.1) is 29.9 Å². The number of rotatable bonds is 10. The monoisotopic (exact) mass is 481 g/mol. The molecule has 1 heterocycles. The van der Waals surface area contributed by atoms with Crippen LogP contribution in [0.3, 0.4) is 0 Å². The molecular weight excluding hydrogens is 453 g/mol. The third kappa shape index (κ3) is 6.12. The van der Waals surface area contributed by atoms with E-state index in [4.69, 9.17) is 0 Å². The van der Waals surface area contributed by atoms with Gasteiger partial charge in [-0.15, -0.1) is 6.58 Å². The molecule has 11 heteroatoms. The second kappa shape index (κ2) is 10.4. The Labute approximate surface area is 192 Å². The molecule has 3 atom stereocenters. The molecule has 0 aliphatic carbocycles. The highest BCUT2D eigenvalue weighted by Gasteiger charge is 2.36. The normalized spacial score (nSPS) is 14.5. The van der Waals surface area contributed by atoms with Crippen LogP contribution in [0, 0.1) is 5.82 Å². The SMILES string of the molecule is C=CC(O)CC(O)C(C(=O)O)c1c(-c2ccc(F)cc2)nc(N(C)S(C)(=O)=O)nc1C(C)C. The van der Waals surface area contributed by atoms with Gasteiger partial charge in [-0.1, -0.05) is 19.9 Å². The van der Waals surface area contributed by atoms with Gasteiger partial charge in [-0.25, -0.2) is 27.1 Å². The number of aliphatic hydroxyl groups excluding tert-OH is 2. The van der Waals surface area contributed by atoms with Crippen LogP contribution < -0.4 is 4.31 Å². The maximum Gasteiger partial charge on any atom is 0.313 e. The van der Waals surface area contributed by atoms with E-state index >= 15 is 0 Å². The molecule has 1 aromatic carbocycles. The lowest BCUT2D eigenvalue weighted by Gasteiger charge is -2.27. The van der Waals surface area contributed by atoms with Crippen LogP contribution in [0.15, 0.2) is 36.9 Å². The van der Waals surface area contributed by atoms with Gasteiger partial charge >= 0.3 is 5.97 Å². The predicted octanol–water partition coefficient (Wildman–Crippen LogP) is 2.27. The Kier molecular flexibility index (Phi) is 8.28. The fraction of sp³-hybridized carbons (Fsp3) is 0.409. The largest absolute Gasteiger partial charge is 0.481 e. The van der Waals surface area contributed by atoms with Gasteiger partial charge in [0.1, 0.15) is 11.7 Å². The summed E-state index contributed by atoms with van der Waals surface area (Å²) in [7, 11) is -2.49. The first kappa shape index (κ1) is 26.4. The number of aliphatic carboxylic acids is 1. The Bertz CT molecular complexity index is 1120. The van der Waals surface area contributed by atoms with Crippen molar-refractivity contribution in [2.24, 2.45) is 0 Å². The topological polar surface area (TPSA) is 141 Å². The quantitative estimate of drug-likeness (QED) is 0.439. The Hall–Kier alpha value is -2.89. The predicted molar refractivity (Wildman–Crippen MR) is 122 cm³/mol. The highest BCUT2D eigenvalue weighted by atomic mass is 32.2. The summed E-state index contributed by atoms with van der Waals surface area (Å²) in [6, 6.07) is 5.06. The minimum Gasteiger partial charge on any atom is -0.481 e. The number of halogens is 1. The Balaban J connectivity index is 2.92. The van der Waals surface area contributed by atoms with E-state index in [0.29, 0.717) is 5.56 Å². The number of carboxylic acids is 1. The molecule has 3 unspecified atom stereocenters. The van der Waals surface area contributed by atoms with Crippen LogP contribution in [0.1, 0.15) is 43.4 Å². The summed E-state index contributed by atoms with van der Waals surface area (Å²) >= 11 is 0. The van der Waals surface area contributed by atoms with E-state index in [1.165, 1.54) is 25.3 Å². The van der Waals surface area contributed by atoms with E-state index in [2.05, 4.69) is 16.5 Å². The molecule has 0 aliphatic rings. The van der Waals surface area contributed by atoms with Crippen molar-refractivity contribution in [3.8, 4) is 11.3 Å². The highest BCUT2D eigenvalue weighted by molar-refractivity contribution is 7.92. The molecule has 0 bridgehead atoms. The summed E-state index contributed by atoms with van der Waals surface area (Å²) in [5, 5.41) is 30.7. The number of nitrogens with zero attached hydrogens (tertiary/aromatic N) is 3. The number of carbonyl (C=O) groups is 1. The molecule has 9 nitrogen and oxygen atoms in total. The van der Waals surface area contributed by atoms with Gasteiger partial charge in [0, 0.05) is 24.6 Å². The molecule has 0 aliphatic heterocycles. The number of aliphatic hydroxyl groups is 2. The van der Waals surface area contributed by atoms with E-state index in [1.54, 1.807) is 13.8 Å². The molecule has 0 fully saturated rings. The number of benzene rings is 1. The van der Waals surface area contributed by atoms with E-state index in [-0.39, 0.29) is 29.3 Å². The van der Waals surface area contributed by atoms with Crippen LogP contribution in [-0.4, -0.2) is 65.2 Å². The average molecular weight is 482 g/mol. The van der Waals surface area contributed by atoms with Gasteiger partial charge in [-0.2, -0.15) is 0 Å². The van der Waals surface area contributed by atoms with Crippen molar-refractivity contribution in [3.63, 3.8) is 0 Å². The lowest BCUT2D eigenvalue weighted by molar-refractivity contribution is -0.142. The molecule has 33 heavy (non-hydrogen) atoms. The van der Waals surface area contributed by atoms with Gasteiger partial charge in [0.2, 0.25) is 16.0 Å². The average Bonchev–Trinajstić information content (AvgIpc) is 2.72. The first-order chi connectivity index (χ1) is 15.3. The first-order valence-electron chi connectivity index (χ1n) is 10.1. The van der Waals surface area contributed by atoms with Gasteiger partial charge in [0.25, 0.3) is 0 Å². The Morgan fingerprint density at radius 3 is 2.24 bits per heavy atom. The zero-order valence-electron chi connectivity index (χ0n) is 18.8. The van der Waals surface area contributed by atoms with Crippen LogP contribution in [-0.2, 0) is 14.8 Å². The number of aromatic nitrogens is 2. The van der Waals surface area contributed by atoms with E-state index < -0.39 is 45.9 Å². The Morgan fingerprint density at radius 1 is 1.21 bits per heavy atom. The van der Waals surface area contributed by atoms with Gasteiger partial charge in [-0.3, -0.25) is 4.79 Å². The minimum atomic E-state index is -3.75. The second-order valence-electron chi connectivity index (χ2n) is 7.99. The number of hydrogen-bond acceptors (Lipinski definition) is 7. The van der Waals surface area contributed by atoms with E-state index in [1.807, 2.05) is 0 Å². The molecule has 180 valence electrons.